The first kappa shape index (κ1) is 12.8. The van der Waals surface area contributed by atoms with Crippen LogP contribution in [0.1, 0.15) is 32.8 Å². The minimum Gasteiger partial charge on any atom is -0.481 e. The number of hydrogen-bond acceptors (Lipinski definition) is 1. The predicted octanol–water partition coefficient (Wildman–Crippen LogP) is 3.37. The molecule has 16 heavy (non-hydrogen) atoms. The van der Waals surface area contributed by atoms with Crippen molar-refractivity contribution in [3.63, 3.8) is 0 Å². The second-order valence-corrected chi connectivity index (χ2v) is 5.19. The zero-order valence-corrected chi connectivity index (χ0v) is 10.2. The predicted molar refractivity (Wildman–Crippen MR) is 65.3 cm³/mol. The van der Waals surface area contributed by atoms with Crippen LogP contribution in [-0.4, -0.2) is 11.1 Å². The fourth-order valence-electron chi connectivity index (χ4n) is 2.05. The summed E-state index contributed by atoms with van der Waals surface area (Å²) in [6.07, 6.45) is 1.65. The standard InChI is InChI=1S/C14H20O2/c1-11(10-14(2,3)13(15)16)9-12-7-5-4-6-8-12/h4-8,11H,9-10H2,1-3H3,(H,15,16)/t11-/m0/s1. The molecule has 0 aromatic heterocycles. The van der Waals surface area contributed by atoms with Gasteiger partial charge in [0.25, 0.3) is 0 Å². The van der Waals surface area contributed by atoms with E-state index in [-0.39, 0.29) is 0 Å². The molecule has 2 heteroatoms. The topological polar surface area (TPSA) is 37.3 Å². The fourth-order valence-corrected chi connectivity index (χ4v) is 2.05. The number of benzene rings is 1. The minimum absolute atomic E-state index is 0.383. The molecular formula is C14H20O2. The van der Waals surface area contributed by atoms with Crippen LogP contribution < -0.4 is 0 Å². The van der Waals surface area contributed by atoms with E-state index in [1.807, 2.05) is 18.2 Å². The highest BCUT2D eigenvalue weighted by Gasteiger charge is 2.28. The van der Waals surface area contributed by atoms with E-state index in [0.29, 0.717) is 12.3 Å². The Morgan fingerprint density at radius 1 is 1.31 bits per heavy atom. The quantitative estimate of drug-likeness (QED) is 0.826. The average molecular weight is 220 g/mol. The van der Waals surface area contributed by atoms with Crippen LogP contribution in [0.3, 0.4) is 0 Å². The summed E-state index contributed by atoms with van der Waals surface area (Å²) in [5.41, 5.74) is 0.643. The van der Waals surface area contributed by atoms with E-state index < -0.39 is 11.4 Å². The van der Waals surface area contributed by atoms with Gasteiger partial charge in [-0.2, -0.15) is 0 Å². The van der Waals surface area contributed by atoms with Gasteiger partial charge in [0.05, 0.1) is 5.41 Å². The van der Waals surface area contributed by atoms with Crippen LogP contribution in [0.15, 0.2) is 30.3 Å². The lowest BCUT2D eigenvalue weighted by Crippen LogP contribution is -2.26. The Labute approximate surface area is 97.3 Å². The number of carboxylic acids is 1. The van der Waals surface area contributed by atoms with Crippen LogP contribution in [-0.2, 0) is 11.2 Å². The van der Waals surface area contributed by atoms with Crippen LogP contribution in [0.5, 0.6) is 0 Å². The maximum absolute atomic E-state index is 11.0. The van der Waals surface area contributed by atoms with Gasteiger partial charge >= 0.3 is 5.97 Å². The Kier molecular flexibility index (Phi) is 4.11. The summed E-state index contributed by atoms with van der Waals surface area (Å²) in [5, 5.41) is 9.06. The molecule has 88 valence electrons. The molecule has 0 aliphatic carbocycles. The Bertz CT molecular complexity index is 341. The third-order valence-corrected chi connectivity index (χ3v) is 2.86. The van der Waals surface area contributed by atoms with Crippen LogP contribution in [0, 0.1) is 11.3 Å². The average Bonchev–Trinajstić information content (AvgIpc) is 2.17. The fraction of sp³-hybridized carbons (Fsp3) is 0.500. The molecular weight excluding hydrogens is 200 g/mol. The monoisotopic (exact) mass is 220 g/mol. The van der Waals surface area contributed by atoms with Gasteiger partial charge in [0.15, 0.2) is 0 Å². The van der Waals surface area contributed by atoms with Gasteiger partial charge in [0.1, 0.15) is 0 Å². The Balaban J connectivity index is 2.54. The van der Waals surface area contributed by atoms with Gasteiger partial charge in [-0.1, -0.05) is 37.3 Å². The van der Waals surface area contributed by atoms with Crippen molar-refractivity contribution in [2.24, 2.45) is 11.3 Å². The molecule has 2 nitrogen and oxygen atoms in total. The van der Waals surface area contributed by atoms with E-state index in [4.69, 9.17) is 5.11 Å². The molecule has 0 spiro atoms. The molecule has 0 aliphatic rings. The Hall–Kier alpha value is -1.31. The summed E-state index contributed by atoms with van der Waals surface area (Å²) in [5.74, 6) is -0.332. The van der Waals surface area contributed by atoms with Crippen molar-refractivity contribution in [1.29, 1.82) is 0 Å². The largest absolute Gasteiger partial charge is 0.481 e. The first-order valence-corrected chi connectivity index (χ1v) is 5.69. The Morgan fingerprint density at radius 2 is 1.88 bits per heavy atom. The SMILES string of the molecule is C[C@@H](Cc1ccccc1)CC(C)(C)C(=O)O. The molecule has 1 atom stereocenters. The molecule has 1 aromatic rings. The normalized spacial score (nSPS) is 13.4. The van der Waals surface area contributed by atoms with E-state index in [9.17, 15) is 4.79 Å². The van der Waals surface area contributed by atoms with Crippen LogP contribution in [0.25, 0.3) is 0 Å². The summed E-state index contributed by atoms with van der Waals surface area (Å²) in [6.45, 7) is 5.69. The van der Waals surface area contributed by atoms with E-state index >= 15 is 0 Å². The van der Waals surface area contributed by atoms with E-state index in [0.717, 1.165) is 6.42 Å². The molecule has 1 rings (SSSR count). The molecule has 0 saturated carbocycles. The van der Waals surface area contributed by atoms with Crippen molar-refractivity contribution in [1.82, 2.24) is 0 Å². The lowest BCUT2D eigenvalue weighted by molar-refractivity contribution is -0.147. The van der Waals surface area contributed by atoms with Crippen molar-refractivity contribution in [2.45, 2.75) is 33.6 Å². The lowest BCUT2D eigenvalue weighted by atomic mass is 9.81. The van der Waals surface area contributed by atoms with Crippen LogP contribution in [0.4, 0.5) is 0 Å². The van der Waals surface area contributed by atoms with Gasteiger partial charge in [0, 0.05) is 0 Å². The van der Waals surface area contributed by atoms with Crippen molar-refractivity contribution in [2.75, 3.05) is 0 Å². The van der Waals surface area contributed by atoms with E-state index in [2.05, 4.69) is 19.1 Å². The summed E-state index contributed by atoms with van der Waals surface area (Å²) >= 11 is 0. The van der Waals surface area contributed by atoms with Crippen molar-refractivity contribution in [3.05, 3.63) is 35.9 Å². The molecule has 0 aliphatic heterocycles. The van der Waals surface area contributed by atoms with Gasteiger partial charge in [-0.05, 0) is 38.2 Å². The number of carbonyl (C=O) groups is 1. The smallest absolute Gasteiger partial charge is 0.309 e. The van der Waals surface area contributed by atoms with E-state index in [1.165, 1.54) is 5.56 Å². The molecule has 0 unspecified atom stereocenters. The summed E-state index contributed by atoms with van der Waals surface area (Å²) < 4.78 is 0. The molecule has 0 fully saturated rings. The molecule has 0 heterocycles. The van der Waals surface area contributed by atoms with Gasteiger partial charge in [-0.15, -0.1) is 0 Å². The van der Waals surface area contributed by atoms with Gasteiger partial charge in [0.2, 0.25) is 0 Å². The van der Waals surface area contributed by atoms with Crippen molar-refractivity contribution in [3.8, 4) is 0 Å². The van der Waals surface area contributed by atoms with Gasteiger partial charge < -0.3 is 5.11 Å². The summed E-state index contributed by atoms with van der Waals surface area (Å²) in [4.78, 5) is 11.0. The maximum Gasteiger partial charge on any atom is 0.309 e. The third kappa shape index (κ3) is 3.69. The number of rotatable bonds is 5. The highest BCUT2D eigenvalue weighted by Crippen LogP contribution is 2.27. The number of carboxylic acid groups (broad SMARTS) is 1. The van der Waals surface area contributed by atoms with Gasteiger partial charge in [-0.25, -0.2) is 0 Å². The summed E-state index contributed by atoms with van der Waals surface area (Å²) in [6, 6.07) is 10.2. The second-order valence-electron chi connectivity index (χ2n) is 5.19. The molecule has 1 aromatic carbocycles. The molecule has 0 radical (unpaired) electrons. The third-order valence-electron chi connectivity index (χ3n) is 2.86. The number of aliphatic carboxylic acids is 1. The zero-order chi connectivity index (χ0) is 12.2. The van der Waals surface area contributed by atoms with E-state index in [1.54, 1.807) is 13.8 Å². The zero-order valence-electron chi connectivity index (χ0n) is 10.2. The molecule has 1 N–H and O–H groups in total. The van der Waals surface area contributed by atoms with Gasteiger partial charge in [-0.3, -0.25) is 4.79 Å². The Morgan fingerprint density at radius 3 is 2.38 bits per heavy atom. The lowest BCUT2D eigenvalue weighted by Gasteiger charge is -2.23. The van der Waals surface area contributed by atoms with Crippen LogP contribution >= 0.6 is 0 Å². The van der Waals surface area contributed by atoms with Crippen molar-refractivity contribution < 1.29 is 9.90 Å². The highest BCUT2D eigenvalue weighted by atomic mass is 16.4. The highest BCUT2D eigenvalue weighted by molar-refractivity contribution is 5.73. The second kappa shape index (κ2) is 5.15. The van der Waals surface area contributed by atoms with Crippen molar-refractivity contribution >= 4 is 5.97 Å². The minimum atomic E-state index is -0.715. The first-order chi connectivity index (χ1) is 7.42. The van der Waals surface area contributed by atoms with Crippen LogP contribution in [0.2, 0.25) is 0 Å². The molecule has 0 amide bonds. The molecule has 0 saturated heterocycles. The maximum atomic E-state index is 11.0. The first-order valence-electron chi connectivity index (χ1n) is 5.69. The molecule has 0 bridgehead atoms. The number of hydrogen-bond donors (Lipinski definition) is 1. The summed E-state index contributed by atoms with van der Waals surface area (Å²) in [7, 11) is 0.